The summed E-state index contributed by atoms with van der Waals surface area (Å²) >= 11 is 0. The summed E-state index contributed by atoms with van der Waals surface area (Å²) in [6, 6.07) is 11.0. The van der Waals surface area contributed by atoms with Gasteiger partial charge in [-0.15, -0.1) is 0 Å². The Labute approximate surface area is 352 Å². The van der Waals surface area contributed by atoms with E-state index in [0.29, 0.717) is 82.6 Å². The van der Waals surface area contributed by atoms with Gasteiger partial charge >= 0.3 is 17.9 Å². The number of nitrogens with zero attached hydrogens (tertiary/aromatic N) is 3. The molecule has 1 spiro atoms. The van der Waals surface area contributed by atoms with Crippen molar-refractivity contribution in [2.24, 2.45) is 11.3 Å². The number of esters is 3. The molecule has 3 N–H and O–H groups in total. The number of aromatic nitrogens is 1. The number of hydrogen-bond acceptors (Lipinski definition) is 12. The number of aromatic amines is 1. The van der Waals surface area contributed by atoms with Crippen LogP contribution in [0.4, 0.5) is 5.69 Å². The lowest BCUT2D eigenvalue weighted by atomic mass is 9.47. The predicted molar refractivity (Wildman–Crippen MR) is 225 cm³/mol. The minimum Gasteiger partial charge on any atom is -0.496 e. The number of ether oxygens (including phenoxy) is 4. The number of carbonyl (C=O) groups is 3. The molecule has 2 aromatic carbocycles. The van der Waals surface area contributed by atoms with Crippen LogP contribution < -0.4 is 9.64 Å². The average molecular weight is 825 g/mol. The lowest BCUT2D eigenvalue weighted by Gasteiger charge is -2.63. The number of H-pyrrole nitrogens is 1. The molecule has 1 aliphatic carbocycles. The summed E-state index contributed by atoms with van der Waals surface area (Å²) in [6.07, 6.45) is 6.05. The molecule has 10 unspecified atom stereocenters. The van der Waals surface area contributed by atoms with Crippen LogP contribution in [0.25, 0.3) is 10.9 Å². The molecule has 10 atom stereocenters. The van der Waals surface area contributed by atoms with Crippen molar-refractivity contribution in [2.75, 3.05) is 66.0 Å². The van der Waals surface area contributed by atoms with E-state index >= 15 is 4.79 Å². The number of aliphatic hydroxyl groups is 2. The van der Waals surface area contributed by atoms with Gasteiger partial charge in [0.15, 0.2) is 6.10 Å². The number of nitrogens with one attached hydrogen (secondary N) is 1. The smallest absolute Gasteiger partial charge is 0.344 e. The fraction of sp³-hybridized carbons (Fsp3) is 0.596. The summed E-state index contributed by atoms with van der Waals surface area (Å²) in [4.78, 5) is 53.7. The summed E-state index contributed by atoms with van der Waals surface area (Å²) in [6.45, 7) is 9.04. The van der Waals surface area contributed by atoms with E-state index in [2.05, 4.69) is 39.1 Å². The third-order valence-electron chi connectivity index (χ3n) is 15.9. The molecule has 3 fully saturated rings. The number of piperidine rings is 1. The summed E-state index contributed by atoms with van der Waals surface area (Å²) in [5.41, 5.74) is -1.62. The number of hydrogen-bond donors (Lipinski definition) is 3. The van der Waals surface area contributed by atoms with E-state index < -0.39 is 57.5 Å². The van der Waals surface area contributed by atoms with Crippen molar-refractivity contribution in [1.29, 1.82) is 0 Å². The molecule has 1 saturated carbocycles. The van der Waals surface area contributed by atoms with E-state index in [1.54, 1.807) is 14.0 Å². The molecule has 13 nitrogen and oxygen atoms in total. The first kappa shape index (κ1) is 40.9. The molecule has 3 aromatic rings. The Morgan fingerprint density at radius 2 is 1.70 bits per heavy atom. The Hall–Kier alpha value is -4.43. The molecule has 60 heavy (non-hydrogen) atoms. The molecule has 5 aliphatic heterocycles. The van der Waals surface area contributed by atoms with Gasteiger partial charge in [-0.3, -0.25) is 19.4 Å². The van der Waals surface area contributed by atoms with Crippen LogP contribution in [-0.4, -0.2) is 133 Å². The van der Waals surface area contributed by atoms with Crippen LogP contribution in [0, 0.1) is 11.3 Å². The number of carbonyl (C=O) groups excluding carboxylic acids is 3. The summed E-state index contributed by atoms with van der Waals surface area (Å²) in [5.74, 6) is -1.46. The van der Waals surface area contributed by atoms with Crippen LogP contribution in [0.3, 0.4) is 0 Å². The van der Waals surface area contributed by atoms with Gasteiger partial charge in [-0.25, -0.2) is 4.79 Å². The second-order valence-corrected chi connectivity index (χ2v) is 18.4. The van der Waals surface area contributed by atoms with Gasteiger partial charge in [-0.05, 0) is 74.2 Å². The fourth-order valence-corrected chi connectivity index (χ4v) is 13.6. The number of likely N-dealkylation sites (N-methyl/N-ethyl adjacent to an activating group) is 1. The van der Waals surface area contributed by atoms with E-state index in [1.165, 1.54) is 14.2 Å². The van der Waals surface area contributed by atoms with Crippen LogP contribution in [-0.2, 0) is 45.8 Å². The molecule has 6 heterocycles. The maximum atomic E-state index is 15.4. The zero-order chi connectivity index (χ0) is 42.6. The van der Waals surface area contributed by atoms with E-state index in [-0.39, 0.29) is 18.4 Å². The molecule has 2 saturated heterocycles. The van der Waals surface area contributed by atoms with E-state index in [9.17, 15) is 19.8 Å². The maximum Gasteiger partial charge on any atom is 0.344 e. The maximum absolute atomic E-state index is 15.4. The Balaban J connectivity index is 1.36. The Kier molecular flexibility index (Phi) is 9.77. The highest BCUT2D eigenvalue weighted by atomic mass is 16.6. The third kappa shape index (κ3) is 5.27. The van der Waals surface area contributed by atoms with Crippen molar-refractivity contribution in [2.45, 2.75) is 106 Å². The second-order valence-electron chi connectivity index (χ2n) is 18.4. The van der Waals surface area contributed by atoms with Crippen molar-refractivity contribution < 1.29 is 43.5 Å². The number of para-hydroxylation sites is 1. The van der Waals surface area contributed by atoms with Gasteiger partial charge in [-0.1, -0.05) is 51.1 Å². The van der Waals surface area contributed by atoms with E-state index in [0.717, 1.165) is 33.4 Å². The van der Waals surface area contributed by atoms with Crippen molar-refractivity contribution >= 4 is 34.5 Å². The highest BCUT2D eigenvalue weighted by Crippen LogP contribution is 2.68. The van der Waals surface area contributed by atoms with Gasteiger partial charge in [-0.2, -0.15) is 0 Å². The van der Waals surface area contributed by atoms with Gasteiger partial charge in [0.2, 0.25) is 5.60 Å². The zero-order valence-corrected chi connectivity index (χ0v) is 36.0. The van der Waals surface area contributed by atoms with Gasteiger partial charge in [0.1, 0.15) is 11.2 Å². The molecular weight excluding hydrogens is 765 g/mol. The molecule has 1 aromatic heterocycles. The standard InChI is InChI=1S/C47H60N4O9/c1-8-36(52)60-40-44(10-3)17-13-19-51-21-18-45(38(44)51)31-22-32(35(57-5)23-34(31)49(4)39(45)47(40,56)42(54)59-7)46(41(53)58-6)25-28-24-43(55,9-2)27-50(26-28)20-16-30-29-14-11-12-15-33(29)48-37(30)46/h11-15,17,22-23,28,38-40,48,55-56H,8-10,16,18-21,24-27H2,1-7H3. The van der Waals surface area contributed by atoms with Crippen LogP contribution in [0.15, 0.2) is 48.6 Å². The quantitative estimate of drug-likeness (QED) is 0.168. The Morgan fingerprint density at radius 1 is 0.933 bits per heavy atom. The molecule has 6 aliphatic rings. The van der Waals surface area contributed by atoms with E-state index in [4.69, 9.17) is 18.9 Å². The van der Waals surface area contributed by atoms with Crippen molar-refractivity contribution in [3.05, 3.63) is 70.9 Å². The Morgan fingerprint density at radius 3 is 2.40 bits per heavy atom. The number of rotatable bonds is 8. The normalized spacial score (nSPS) is 36.5. The van der Waals surface area contributed by atoms with Gasteiger partial charge < -0.3 is 39.0 Å². The minimum atomic E-state index is -2.30. The molecule has 0 radical (unpaired) electrons. The second kappa shape index (κ2) is 14.3. The summed E-state index contributed by atoms with van der Waals surface area (Å²) in [7, 11) is 6.17. The zero-order valence-electron chi connectivity index (χ0n) is 36.0. The highest BCUT2D eigenvalue weighted by molar-refractivity contribution is 5.95. The molecule has 322 valence electrons. The first-order valence-electron chi connectivity index (χ1n) is 21.8. The predicted octanol–water partition coefficient (Wildman–Crippen LogP) is 4.38. The molecule has 9 rings (SSSR count). The first-order chi connectivity index (χ1) is 28.8. The number of methoxy groups -OCH3 is 3. The van der Waals surface area contributed by atoms with Crippen LogP contribution in [0.5, 0.6) is 5.75 Å². The van der Waals surface area contributed by atoms with Crippen LogP contribution in [0.1, 0.15) is 81.7 Å². The van der Waals surface area contributed by atoms with Gasteiger partial charge in [0.05, 0.1) is 33.0 Å². The van der Waals surface area contributed by atoms with Crippen LogP contribution in [0.2, 0.25) is 0 Å². The Bertz CT molecular complexity index is 2270. The third-order valence-corrected chi connectivity index (χ3v) is 15.9. The topological polar surface area (TPSA) is 154 Å². The average Bonchev–Trinajstić information content (AvgIpc) is 3.92. The minimum absolute atomic E-state index is 0.0673. The number of fused-ring (bicyclic) bond motifs is 6. The highest BCUT2D eigenvalue weighted by Gasteiger charge is 2.80. The fourth-order valence-electron chi connectivity index (χ4n) is 13.6. The van der Waals surface area contributed by atoms with E-state index in [1.807, 2.05) is 50.1 Å². The number of anilines is 1. The van der Waals surface area contributed by atoms with Crippen molar-refractivity contribution in [3.63, 3.8) is 0 Å². The molecule has 13 heteroatoms. The van der Waals surface area contributed by atoms with Gasteiger partial charge in [0.25, 0.3) is 0 Å². The van der Waals surface area contributed by atoms with Gasteiger partial charge in [0, 0.05) is 90.4 Å². The van der Waals surface area contributed by atoms with Crippen LogP contribution >= 0.6 is 0 Å². The molecule has 2 bridgehead atoms. The molecule has 0 amide bonds. The monoisotopic (exact) mass is 824 g/mol. The largest absolute Gasteiger partial charge is 0.496 e. The molecular formula is C47H60N4O9. The lowest BCUT2D eigenvalue weighted by Crippen LogP contribution is -2.81. The SMILES string of the molecule is CCC(=O)OC1C2(CC)C=CCN3CCC4(c5cc(C6(C(=O)OC)CC7CN(CCc8c6[nH]c6ccccc86)CC(O)(CC)C7)c(OC)cc5N(C)C4C1(O)C(=O)OC)C32. The van der Waals surface area contributed by atoms with Crippen molar-refractivity contribution in [1.82, 2.24) is 14.8 Å². The summed E-state index contributed by atoms with van der Waals surface area (Å²) < 4.78 is 24.1. The number of benzene rings is 2. The first-order valence-corrected chi connectivity index (χ1v) is 21.8. The van der Waals surface area contributed by atoms with Crippen molar-refractivity contribution in [3.8, 4) is 5.75 Å². The summed E-state index contributed by atoms with van der Waals surface area (Å²) in [5, 5.41) is 26.4. The lowest BCUT2D eigenvalue weighted by molar-refractivity contribution is -0.229.